The van der Waals surface area contributed by atoms with Crippen LogP contribution in [0.5, 0.6) is 0 Å². The van der Waals surface area contributed by atoms with Crippen molar-refractivity contribution in [3.05, 3.63) is 0 Å². The Bertz CT molecular complexity index is 691. The van der Waals surface area contributed by atoms with Gasteiger partial charge in [-0.25, -0.2) is 9.59 Å². The predicted octanol–water partition coefficient (Wildman–Crippen LogP) is 4.89. The van der Waals surface area contributed by atoms with E-state index in [4.69, 9.17) is 19.6 Å². The highest BCUT2D eigenvalue weighted by atomic mass is 17.2. The molecule has 0 aliphatic rings. The molecule has 0 heterocycles. The Morgan fingerprint density at radius 3 is 1.28 bits per heavy atom. The summed E-state index contributed by atoms with van der Waals surface area (Å²) in [5.74, 6) is -1.27. The molecule has 10 nitrogen and oxygen atoms in total. The van der Waals surface area contributed by atoms with Crippen LogP contribution in [0.4, 0.5) is 0 Å². The summed E-state index contributed by atoms with van der Waals surface area (Å²) in [5.41, 5.74) is -3.93. The largest absolute Gasteiger partial charge is 0.342 e. The van der Waals surface area contributed by atoms with Gasteiger partial charge in [-0.05, 0) is 67.2 Å². The van der Waals surface area contributed by atoms with Gasteiger partial charge in [0.25, 0.3) is 0 Å². The molecular weight excluding hydrogens is 416 g/mol. The first-order chi connectivity index (χ1) is 14.7. The lowest BCUT2D eigenvalue weighted by Crippen LogP contribution is -2.28. The quantitative estimate of drug-likeness (QED) is 0.206. The van der Waals surface area contributed by atoms with E-state index >= 15 is 0 Å². The number of rotatable bonds is 14. The van der Waals surface area contributed by atoms with Gasteiger partial charge in [-0.2, -0.15) is 30.5 Å². The molecule has 0 aliphatic heterocycles. The van der Waals surface area contributed by atoms with Crippen molar-refractivity contribution in [2.45, 2.75) is 116 Å². The highest BCUT2D eigenvalue weighted by molar-refractivity contribution is 5.69. The summed E-state index contributed by atoms with van der Waals surface area (Å²) in [6, 6.07) is 3.98. The van der Waals surface area contributed by atoms with Crippen LogP contribution in [0, 0.1) is 22.7 Å². The van der Waals surface area contributed by atoms with Gasteiger partial charge < -0.3 is 0 Å². The summed E-state index contributed by atoms with van der Waals surface area (Å²) in [4.78, 5) is 43.6. The number of hydrogen-bond acceptors (Lipinski definition) is 10. The van der Waals surface area contributed by atoms with E-state index < -0.39 is 34.2 Å². The van der Waals surface area contributed by atoms with Gasteiger partial charge in [-0.3, -0.25) is 9.78 Å². The van der Waals surface area contributed by atoms with E-state index in [0.717, 1.165) is 0 Å². The van der Waals surface area contributed by atoms with E-state index in [2.05, 4.69) is 10.2 Å². The van der Waals surface area contributed by atoms with Crippen molar-refractivity contribution in [3.8, 4) is 12.1 Å². The van der Waals surface area contributed by atoms with Gasteiger partial charge in [0.2, 0.25) is 0 Å². The Labute approximate surface area is 190 Å². The molecule has 0 amide bonds. The van der Waals surface area contributed by atoms with Crippen LogP contribution in [-0.2, 0) is 29.1 Å². The van der Waals surface area contributed by atoms with Crippen LogP contribution in [0.2, 0.25) is 0 Å². The van der Waals surface area contributed by atoms with Crippen LogP contribution in [0.3, 0.4) is 0 Å². The Hall–Kier alpha value is -2.56. The third kappa shape index (κ3) is 11.7. The first-order valence-corrected chi connectivity index (χ1v) is 10.7. The number of carbonyl (C=O) groups is 2. The van der Waals surface area contributed by atoms with Crippen LogP contribution in [0.15, 0.2) is 10.2 Å². The minimum absolute atomic E-state index is 0.0191. The molecule has 0 radical (unpaired) electrons. The second-order valence-corrected chi connectivity index (χ2v) is 9.28. The number of nitriles is 2. The summed E-state index contributed by atoms with van der Waals surface area (Å²) in [7, 11) is 0. The molecule has 0 aromatic carbocycles. The molecule has 0 spiro atoms. The van der Waals surface area contributed by atoms with Gasteiger partial charge in [0, 0.05) is 0 Å². The SMILES string of the molecule is CCC(C)(C)OOC(=O)CCC(C)(C#N)N=NC(C)(C#N)CCC(=O)OOC(C)(C)CC. The smallest absolute Gasteiger partial charge is 0.298 e. The normalized spacial score (nSPS) is 15.8. The van der Waals surface area contributed by atoms with Crippen LogP contribution < -0.4 is 0 Å². The molecule has 0 saturated heterocycles. The molecule has 0 aromatic rings. The van der Waals surface area contributed by atoms with E-state index in [9.17, 15) is 20.1 Å². The minimum Gasteiger partial charge on any atom is -0.298 e. The molecule has 0 aliphatic carbocycles. The monoisotopic (exact) mass is 452 g/mol. The molecular formula is C22H36N4O6. The van der Waals surface area contributed by atoms with Crippen LogP contribution >= 0.6 is 0 Å². The zero-order valence-electron chi connectivity index (χ0n) is 20.5. The Balaban J connectivity index is 4.87. The fourth-order valence-corrected chi connectivity index (χ4v) is 1.69. The topological polar surface area (TPSA) is 143 Å². The average molecular weight is 453 g/mol. The van der Waals surface area contributed by atoms with Crippen LogP contribution in [0.1, 0.15) is 93.9 Å². The third-order valence-corrected chi connectivity index (χ3v) is 5.03. The van der Waals surface area contributed by atoms with Gasteiger partial charge in [0.1, 0.15) is 11.2 Å². The maximum absolute atomic E-state index is 11.9. The number of carbonyl (C=O) groups excluding carboxylic acids is 2. The number of nitrogens with zero attached hydrogens (tertiary/aromatic N) is 4. The van der Waals surface area contributed by atoms with Crippen molar-refractivity contribution in [1.82, 2.24) is 0 Å². The van der Waals surface area contributed by atoms with E-state index in [1.165, 1.54) is 13.8 Å². The van der Waals surface area contributed by atoms with Gasteiger partial charge in [0.05, 0.1) is 25.0 Å². The van der Waals surface area contributed by atoms with Crippen LogP contribution in [0.25, 0.3) is 0 Å². The van der Waals surface area contributed by atoms with E-state index in [1.807, 2.05) is 26.0 Å². The summed E-state index contributed by atoms with van der Waals surface area (Å²) in [6.45, 7) is 13.9. The fraction of sp³-hybridized carbons (Fsp3) is 0.818. The molecule has 180 valence electrons. The molecule has 2 atom stereocenters. The summed E-state index contributed by atoms with van der Waals surface area (Å²) >= 11 is 0. The maximum Gasteiger partial charge on any atom is 0.342 e. The van der Waals surface area contributed by atoms with Gasteiger partial charge in [0.15, 0.2) is 11.1 Å². The average Bonchev–Trinajstić information content (AvgIpc) is 2.77. The Morgan fingerprint density at radius 2 is 1.03 bits per heavy atom. The van der Waals surface area contributed by atoms with E-state index in [1.54, 1.807) is 27.7 Å². The molecule has 0 rings (SSSR count). The maximum atomic E-state index is 11.9. The third-order valence-electron chi connectivity index (χ3n) is 5.03. The van der Waals surface area contributed by atoms with E-state index in [-0.39, 0.29) is 25.7 Å². The van der Waals surface area contributed by atoms with Gasteiger partial charge >= 0.3 is 11.9 Å². The molecule has 0 fully saturated rings. The van der Waals surface area contributed by atoms with Crippen molar-refractivity contribution < 1.29 is 29.1 Å². The van der Waals surface area contributed by atoms with Crippen molar-refractivity contribution >= 4 is 11.9 Å². The predicted molar refractivity (Wildman–Crippen MR) is 114 cm³/mol. The second kappa shape index (κ2) is 12.5. The molecule has 0 aromatic heterocycles. The lowest BCUT2D eigenvalue weighted by molar-refractivity contribution is -0.325. The van der Waals surface area contributed by atoms with Crippen molar-refractivity contribution in [2.24, 2.45) is 10.2 Å². The molecule has 32 heavy (non-hydrogen) atoms. The molecule has 10 heteroatoms. The van der Waals surface area contributed by atoms with Gasteiger partial charge in [-0.1, -0.05) is 13.8 Å². The molecule has 2 unspecified atom stereocenters. The number of azo groups is 1. The second-order valence-electron chi connectivity index (χ2n) is 9.28. The zero-order chi connectivity index (χ0) is 25.1. The fourth-order valence-electron chi connectivity index (χ4n) is 1.69. The summed E-state index contributed by atoms with van der Waals surface area (Å²) in [5, 5.41) is 27.0. The Morgan fingerprint density at radius 1 is 0.719 bits per heavy atom. The molecule has 0 bridgehead atoms. The van der Waals surface area contributed by atoms with E-state index in [0.29, 0.717) is 12.8 Å². The standard InChI is InChI=1S/C22H36N4O6/c1-9-19(3,4)31-29-17(27)11-13-21(7,15-23)25-26-22(8,16-24)14-12-18(28)30-32-20(5,6)10-2/h9-14H2,1-8H3. The zero-order valence-corrected chi connectivity index (χ0v) is 20.5. The summed E-state index contributed by atoms with van der Waals surface area (Å²) in [6.07, 6.45) is 1.09. The van der Waals surface area contributed by atoms with Gasteiger partial charge in [-0.15, -0.1) is 0 Å². The highest BCUT2D eigenvalue weighted by Crippen LogP contribution is 2.24. The summed E-state index contributed by atoms with van der Waals surface area (Å²) < 4.78 is 0. The lowest BCUT2D eigenvalue weighted by Gasteiger charge is -2.22. The minimum atomic E-state index is -1.35. The lowest BCUT2D eigenvalue weighted by atomic mass is 9.97. The highest BCUT2D eigenvalue weighted by Gasteiger charge is 2.31. The van der Waals surface area contributed by atoms with Crippen LogP contribution in [-0.4, -0.2) is 34.2 Å². The molecule has 0 N–H and O–H groups in total. The number of hydrogen-bond donors (Lipinski definition) is 0. The van der Waals surface area contributed by atoms with Crippen molar-refractivity contribution in [1.29, 1.82) is 10.5 Å². The first-order valence-electron chi connectivity index (χ1n) is 10.7. The molecule has 0 saturated carbocycles. The Kier molecular flexibility index (Phi) is 11.5. The van der Waals surface area contributed by atoms with Crippen molar-refractivity contribution in [2.75, 3.05) is 0 Å². The first kappa shape index (κ1) is 29.4. The van der Waals surface area contributed by atoms with Crippen molar-refractivity contribution in [3.63, 3.8) is 0 Å².